The van der Waals surface area contributed by atoms with Gasteiger partial charge in [-0.1, -0.05) is 6.07 Å². The molecule has 0 aliphatic heterocycles. The molecule has 0 radical (unpaired) electrons. The van der Waals surface area contributed by atoms with E-state index in [1.807, 2.05) is 0 Å². The van der Waals surface area contributed by atoms with E-state index in [0.717, 1.165) is 17.9 Å². The Hall–Kier alpha value is -4.13. The highest BCUT2D eigenvalue weighted by molar-refractivity contribution is 6.00. The van der Waals surface area contributed by atoms with Crippen LogP contribution in [0.3, 0.4) is 0 Å². The van der Waals surface area contributed by atoms with Crippen molar-refractivity contribution in [3.8, 4) is 17.1 Å². The molecule has 1 aliphatic rings. The molecule has 2 aromatic heterocycles. The van der Waals surface area contributed by atoms with E-state index >= 15 is 0 Å². The van der Waals surface area contributed by atoms with Crippen molar-refractivity contribution in [1.82, 2.24) is 30.3 Å². The van der Waals surface area contributed by atoms with Crippen LogP contribution in [0.25, 0.3) is 11.4 Å². The van der Waals surface area contributed by atoms with Crippen LogP contribution in [0.5, 0.6) is 5.75 Å². The molecule has 3 N–H and O–H groups in total. The summed E-state index contributed by atoms with van der Waals surface area (Å²) in [7, 11) is 3.16. The topological polar surface area (TPSA) is 150 Å². The fraction of sp³-hybridized carbons (Fsp3) is 0.333. The number of rotatable bonds is 10. The van der Waals surface area contributed by atoms with Gasteiger partial charge in [0.2, 0.25) is 0 Å². The summed E-state index contributed by atoms with van der Waals surface area (Å²) in [4.78, 5) is 34.6. The highest BCUT2D eigenvalue weighted by Gasteiger charge is 2.29. The van der Waals surface area contributed by atoms with Crippen LogP contribution in [0.2, 0.25) is 0 Å². The van der Waals surface area contributed by atoms with Crippen LogP contribution in [0.15, 0.2) is 30.6 Å². The molecule has 0 saturated heterocycles. The summed E-state index contributed by atoms with van der Waals surface area (Å²) in [6, 6.07) is 6.44. The van der Waals surface area contributed by atoms with Crippen molar-refractivity contribution in [3.05, 3.63) is 42.0 Å². The summed E-state index contributed by atoms with van der Waals surface area (Å²) in [6.07, 6.45) is 3.28. The van der Waals surface area contributed by atoms with Gasteiger partial charge in [0.05, 0.1) is 12.7 Å². The largest absolute Gasteiger partial charge is 0.494 e. The molecule has 2 amide bonds. The molecule has 1 aromatic carbocycles. The van der Waals surface area contributed by atoms with Crippen molar-refractivity contribution >= 4 is 23.2 Å². The average molecular weight is 470 g/mol. The monoisotopic (exact) mass is 470 g/mol. The minimum Gasteiger partial charge on any atom is -0.494 e. The van der Waals surface area contributed by atoms with Crippen LogP contribution in [0, 0.1) is 0 Å². The molecular formula is C21H23FN8O4. The number of anilines is 2. The molecule has 34 heavy (non-hydrogen) atoms. The van der Waals surface area contributed by atoms with Gasteiger partial charge in [0.15, 0.2) is 23.0 Å². The summed E-state index contributed by atoms with van der Waals surface area (Å²) in [5.74, 6) is -0.717. The third kappa shape index (κ3) is 4.78. The number of nitrogens with two attached hydrogens (primary N) is 1. The lowest BCUT2D eigenvalue weighted by atomic mass is 10.1. The second-order valence-electron chi connectivity index (χ2n) is 7.49. The molecule has 3 aromatic rings. The van der Waals surface area contributed by atoms with Crippen molar-refractivity contribution < 1.29 is 23.6 Å². The van der Waals surface area contributed by atoms with E-state index in [1.165, 1.54) is 24.2 Å². The van der Waals surface area contributed by atoms with Gasteiger partial charge in [-0.15, -0.1) is 10.2 Å². The number of nitrogens with zero attached hydrogens (tertiary/aromatic N) is 6. The molecule has 0 bridgehead atoms. The summed E-state index contributed by atoms with van der Waals surface area (Å²) in [6.45, 7) is -1.18. The number of para-hydroxylation sites is 1. The van der Waals surface area contributed by atoms with Crippen molar-refractivity contribution in [2.75, 3.05) is 25.5 Å². The fourth-order valence-corrected chi connectivity index (χ4v) is 3.24. The molecule has 0 spiro atoms. The molecular weight excluding hydrogens is 447 g/mol. The summed E-state index contributed by atoms with van der Waals surface area (Å²) in [5.41, 5.74) is 5.99. The number of hydrogen-bond donors (Lipinski definition) is 2. The molecule has 1 aliphatic carbocycles. The number of aryl methyl sites for hydroxylation is 1. The first-order valence-electron chi connectivity index (χ1n) is 10.4. The van der Waals surface area contributed by atoms with Gasteiger partial charge in [-0.25, -0.2) is 14.4 Å². The van der Waals surface area contributed by atoms with Gasteiger partial charge in [-0.05, 0) is 31.0 Å². The quantitative estimate of drug-likeness (QED) is 0.418. The Kier molecular flexibility index (Phi) is 6.63. The fourth-order valence-electron chi connectivity index (χ4n) is 3.24. The van der Waals surface area contributed by atoms with Crippen LogP contribution in [0.1, 0.15) is 33.8 Å². The first kappa shape index (κ1) is 23.0. The molecule has 4 rings (SSSR count). The number of halogens is 1. The van der Waals surface area contributed by atoms with E-state index in [1.54, 1.807) is 25.2 Å². The van der Waals surface area contributed by atoms with Crippen LogP contribution in [0.4, 0.5) is 15.8 Å². The maximum atomic E-state index is 13.1. The number of carbonyl (C=O) groups is 2. The number of nitrogens with one attached hydrogen (secondary N) is 1. The Morgan fingerprint density at radius 1 is 1.29 bits per heavy atom. The lowest BCUT2D eigenvalue weighted by Gasteiger charge is -2.27. The lowest BCUT2D eigenvalue weighted by molar-refractivity contribution is 0.0937. The van der Waals surface area contributed by atoms with Crippen LogP contribution >= 0.6 is 0 Å². The number of aromatic nitrogens is 5. The van der Waals surface area contributed by atoms with Gasteiger partial charge in [0, 0.05) is 13.1 Å². The van der Waals surface area contributed by atoms with Crippen molar-refractivity contribution in [2.24, 2.45) is 12.8 Å². The van der Waals surface area contributed by atoms with Gasteiger partial charge < -0.3 is 15.8 Å². The maximum absolute atomic E-state index is 13.1. The van der Waals surface area contributed by atoms with E-state index < -0.39 is 18.5 Å². The Morgan fingerprint density at radius 2 is 2.09 bits per heavy atom. The molecule has 2 heterocycles. The van der Waals surface area contributed by atoms with Crippen LogP contribution in [-0.4, -0.2) is 63.2 Å². The van der Waals surface area contributed by atoms with E-state index in [9.17, 15) is 14.0 Å². The third-order valence-corrected chi connectivity index (χ3v) is 4.93. The predicted molar refractivity (Wildman–Crippen MR) is 118 cm³/mol. The number of carbonyl (C=O) groups excluding carboxylic acids is 2. The summed E-state index contributed by atoms with van der Waals surface area (Å²) in [5, 5.41) is 15.9. The Labute approximate surface area is 193 Å². The molecule has 1 saturated carbocycles. The Morgan fingerprint density at radius 3 is 2.71 bits per heavy atom. The Balaban J connectivity index is 1.85. The number of alkyl halides is 1. The number of ether oxygens (including phenoxy) is 1. The van der Waals surface area contributed by atoms with Crippen LogP contribution < -0.4 is 20.9 Å². The van der Waals surface area contributed by atoms with E-state index in [4.69, 9.17) is 15.3 Å². The third-order valence-electron chi connectivity index (χ3n) is 4.93. The molecule has 178 valence electrons. The van der Waals surface area contributed by atoms with Crippen molar-refractivity contribution in [3.63, 3.8) is 0 Å². The Bertz CT molecular complexity index is 1210. The van der Waals surface area contributed by atoms with E-state index in [0.29, 0.717) is 11.4 Å². The number of primary amides is 1. The molecule has 0 unspecified atom stereocenters. The van der Waals surface area contributed by atoms with E-state index in [2.05, 4.69) is 25.6 Å². The average Bonchev–Trinajstić information content (AvgIpc) is 3.55. The minimum absolute atomic E-state index is 0.00123. The SMILES string of the molecule is COc1c(-c2ncn(C)n2)cccc1N(OCCF)c1cc(C(=O)NC2CC2)nnc1C(N)=O. The van der Waals surface area contributed by atoms with Crippen molar-refractivity contribution in [2.45, 2.75) is 18.9 Å². The molecule has 12 nitrogen and oxygen atoms in total. The minimum atomic E-state index is -0.910. The number of amides is 2. The maximum Gasteiger partial charge on any atom is 0.272 e. The number of methoxy groups -OCH3 is 1. The normalized spacial score (nSPS) is 12.9. The van der Waals surface area contributed by atoms with Gasteiger partial charge in [-0.2, -0.15) is 5.10 Å². The molecule has 0 atom stereocenters. The molecule has 1 fully saturated rings. The highest BCUT2D eigenvalue weighted by Crippen LogP contribution is 2.41. The summed E-state index contributed by atoms with van der Waals surface area (Å²) < 4.78 is 20.3. The van der Waals surface area contributed by atoms with Crippen LogP contribution in [-0.2, 0) is 11.9 Å². The standard InChI is InChI=1S/C21H23FN8O4/c1-29-11-24-20(28-29)13-4-3-5-15(18(13)33-2)30(34-9-8-22)16-10-14(21(32)25-12-6-7-12)26-27-17(16)19(23)31/h3-5,10-12H,6-9H2,1-2H3,(H2,23,31)(H,25,32). The first-order chi connectivity index (χ1) is 16.4. The smallest absolute Gasteiger partial charge is 0.272 e. The number of hydrogen-bond acceptors (Lipinski definition) is 9. The zero-order valence-corrected chi connectivity index (χ0v) is 18.6. The van der Waals surface area contributed by atoms with Crippen molar-refractivity contribution in [1.29, 1.82) is 0 Å². The molecule has 13 heteroatoms. The van der Waals surface area contributed by atoms with Gasteiger partial charge in [0.25, 0.3) is 11.8 Å². The second-order valence-corrected chi connectivity index (χ2v) is 7.49. The lowest BCUT2D eigenvalue weighted by Crippen LogP contribution is -2.29. The predicted octanol–water partition coefficient (Wildman–Crippen LogP) is 1.31. The first-order valence-corrected chi connectivity index (χ1v) is 10.4. The van der Waals surface area contributed by atoms with E-state index in [-0.39, 0.29) is 41.2 Å². The zero-order valence-electron chi connectivity index (χ0n) is 18.6. The number of benzene rings is 1. The zero-order chi connectivity index (χ0) is 24.2. The van der Waals surface area contributed by atoms with Gasteiger partial charge >= 0.3 is 0 Å². The highest BCUT2D eigenvalue weighted by atomic mass is 19.1. The second kappa shape index (κ2) is 9.79. The van der Waals surface area contributed by atoms with Gasteiger partial charge in [-0.3, -0.25) is 19.1 Å². The van der Waals surface area contributed by atoms with Gasteiger partial charge in [0.1, 0.15) is 31.0 Å². The summed E-state index contributed by atoms with van der Waals surface area (Å²) >= 11 is 0.